The molecule has 0 aliphatic heterocycles. The second-order valence-electron chi connectivity index (χ2n) is 7.58. The predicted octanol–water partition coefficient (Wildman–Crippen LogP) is 4.17. The van der Waals surface area contributed by atoms with Crippen LogP contribution in [-0.4, -0.2) is 38.4 Å². The monoisotopic (exact) mass is 414 g/mol. The van der Waals surface area contributed by atoms with Crippen molar-refractivity contribution in [3.63, 3.8) is 0 Å². The Morgan fingerprint density at radius 3 is 2.07 bits per heavy atom. The van der Waals surface area contributed by atoms with E-state index in [-0.39, 0.29) is 16.8 Å². The van der Waals surface area contributed by atoms with Crippen molar-refractivity contribution in [3.8, 4) is 0 Å². The molecule has 0 bridgehead atoms. The van der Waals surface area contributed by atoms with Crippen molar-refractivity contribution in [2.45, 2.75) is 56.4 Å². The number of amides is 1. The molecule has 1 saturated carbocycles. The van der Waals surface area contributed by atoms with E-state index >= 15 is 0 Å². The Balaban J connectivity index is 1.61. The molecule has 1 amide bonds. The van der Waals surface area contributed by atoms with Gasteiger partial charge in [0.05, 0.1) is 4.90 Å². The van der Waals surface area contributed by atoms with E-state index in [1.54, 1.807) is 17.0 Å². The molecule has 5 nitrogen and oxygen atoms in total. The smallest absolute Gasteiger partial charge is 0.253 e. The molecule has 156 valence electrons. The highest BCUT2D eigenvalue weighted by atomic mass is 32.2. The molecular formula is C23H30N2O3S. The molecule has 0 aromatic heterocycles. The standard InChI is InChI=1S/C23H30N2O3S/c1-3-25(4-2)23(26)20-12-16-22(17-13-20)29(27,28)24-21-14-10-19(11-15-21)18-8-6-5-7-9-18/h5-9,12-13,16-17,19,21,24H,3-4,10-11,14-15H2,1-2H3. The van der Waals surface area contributed by atoms with Gasteiger partial charge in [0, 0.05) is 24.7 Å². The van der Waals surface area contributed by atoms with Gasteiger partial charge in [-0.05, 0) is 75.3 Å². The minimum absolute atomic E-state index is 0.0445. The number of sulfonamides is 1. The van der Waals surface area contributed by atoms with Crippen LogP contribution in [0.25, 0.3) is 0 Å². The molecule has 0 atom stereocenters. The Morgan fingerprint density at radius 2 is 1.52 bits per heavy atom. The number of rotatable bonds is 7. The Bertz CT molecular complexity index is 899. The summed E-state index contributed by atoms with van der Waals surface area (Å²) in [4.78, 5) is 14.3. The SMILES string of the molecule is CCN(CC)C(=O)c1ccc(S(=O)(=O)NC2CCC(c3ccccc3)CC2)cc1. The third kappa shape index (κ3) is 5.25. The Labute approximate surface area is 174 Å². The summed E-state index contributed by atoms with van der Waals surface area (Å²) in [5.74, 6) is 0.425. The first kappa shape index (κ1) is 21.5. The van der Waals surface area contributed by atoms with Gasteiger partial charge in [-0.2, -0.15) is 0 Å². The summed E-state index contributed by atoms with van der Waals surface area (Å²) >= 11 is 0. The van der Waals surface area contributed by atoms with Crippen LogP contribution in [0.1, 0.15) is 61.4 Å². The summed E-state index contributed by atoms with van der Waals surface area (Å²) in [5.41, 5.74) is 1.85. The van der Waals surface area contributed by atoms with Crippen LogP contribution in [0.3, 0.4) is 0 Å². The van der Waals surface area contributed by atoms with Crippen LogP contribution >= 0.6 is 0 Å². The van der Waals surface area contributed by atoms with Crippen molar-refractivity contribution in [2.24, 2.45) is 0 Å². The Morgan fingerprint density at radius 1 is 0.931 bits per heavy atom. The van der Waals surface area contributed by atoms with Crippen molar-refractivity contribution < 1.29 is 13.2 Å². The largest absolute Gasteiger partial charge is 0.339 e. The second-order valence-corrected chi connectivity index (χ2v) is 9.30. The first-order valence-corrected chi connectivity index (χ1v) is 11.9. The minimum atomic E-state index is -3.59. The third-order valence-electron chi connectivity index (χ3n) is 5.78. The lowest BCUT2D eigenvalue weighted by molar-refractivity contribution is 0.0773. The molecule has 29 heavy (non-hydrogen) atoms. The number of nitrogens with zero attached hydrogens (tertiary/aromatic N) is 1. The number of carbonyl (C=O) groups is 1. The Hall–Kier alpha value is -2.18. The van der Waals surface area contributed by atoms with Gasteiger partial charge in [0.25, 0.3) is 5.91 Å². The zero-order chi connectivity index (χ0) is 20.9. The van der Waals surface area contributed by atoms with Crippen molar-refractivity contribution >= 4 is 15.9 Å². The maximum atomic E-state index is 12.8. The van der Waals surface area contributed by atoms with Crippen LogP contribution in [0.2, 0.25) is 0 Å². The van der Waals surface area contributed by atoms with Gasteiger partial charge in [0.2, 0.25) is 10.0 Å². The number of benzene rings is 2. The van der Waals surface area contributed by atoms with Crippen LogP contribution < -0.4 is 4.72 Å². The number of hydrogen-bond donors (Lipinski definition) is 1. The topological polar surface area (TPSA) is 66.5 Å². The molecule has 0 spiro atoms. The van der Waals surface area contributed by atoms with E-state index in [1.165, 1.54) is 17.7 Å². The fourth-order valence-electron chi connectivity index (χ4n) is 4.03. The quantitative estimate of drug-likeness (QED) is 0.739. The zero-order valence-corrected chi connectivity index (χ0v) is 18.0. The lowest BCUT2D eigenvalue weighted by atomic mass is 9.82. The first-order chi connectivity index (χ1) is 13.9. The second kappa shape index (κ2) is 9.55. The molecule has 3 rings (SSSR count). The van der Waals surface area contributed by atoms with Crippen molar-refractivity contribution in [3.05, 3.63) is 65.7 Å². The molecule has 0 radical (unpaired) electrons. The summed E-state index contributed by atoms with van der Waals surface area (Å²) in [6.45, 7) is 5.11. The average Bonchev–Trinajstić information content (AvgIpc) is 2.75. The van der Waals surface area contributed by atoms with Gasteiger partial charge in [-0.15, -0.1) is 0 Å². The molecule has 1 N–H and O–H groups in total. The van der Waals surface area contributed by atoms with Crippen LogP contribution in [0, 0.1) is 0 Å². The molecule has 1 aliphatic rings. The summed E-state index contributed by atoms with van der Waals surface area (Å²) in [6, 6.07) is 16.6. The van der Waals surface area contributed by atoms with E-state index in [2.05, 4.69) is 29.0 Å². The molecule has 2 aromatic carbocycles. The minimum Gasteiger partial charge on any atom is -0.339 e. The normalized spacial score (nSPS) is 19.7. The molecule has 0 heterocycles. The lowest BCUT2D eigenvalue weighted by Gasteiger charge is -2.29. The molecule has 1 fully saturated rings. The number of carbonyl (C=O) groups excluding carboxylic acids is 1. The van der Waals surface area contributed by atoms with E-state index in [0.29, 0.717) is 24.6 Å². The molecular weight excluding hydrogens is 384 g/mol. The Kier molecular flexibility index (Phi) is 7.09. The molecule has 1 aliphatic carbocycles. The van der Waals surface area contributed by atoms with Crippen LogP contribution in [-0.2, 0) is 10.0 Å². The van der Waals surface area contributed by atoms with E-state index in [0.717, 1.165) is 25.7 Å². The maximum absolute atomic E-state index is 12.8. The van der Waals surface area contributed by atoms with Gasteiger partial charge in [-0.1, -0.05) is 30.3 Å². The van der Waals surface area contributed by atoms with Gasteiger partial charge in [0.15, 0.2) is 0 Å². The average molecular weight is 415 g/mol. The van der Waals surface area contributed by atoms with Gasteiger partial charge in [-0.3, -0.25) is 4.79 Å². The fraction of sp³-hybridized carbons (Fsp3) is 0.435. The highest BCUT2D eigenvalue weighted by Crippen LogP contribution is 2.33. The molecule has 0 saturated heterocycles. The van der Waals surface area contributed by atoms with Gasteiger partial charge < -0.3 is 4.90 Å². The molecule has 6 heteroatoms. The lowest BCUT2D eigenvalue weighted by Crippen LogP contribution is -2.37. The summed E-state index contributed by atoms with van der Waals surface area (Å²) < 4.78 is 28.4. The molecule has 0 unspecified atom stereocenters. The van der Waals surface area contributed by atoms with Crippen LogP contribution in [0.15, 0.2) is 59.5 Å². The van der Waals surface area contributed by atoms with Gasteiger partial charge in [0.1, 0.15) is 0 Å². The van der Waals surface area contributed by atoms with E-state index in [4.69, 9.17) is 0 Å². The zero-order valence-electron chi connectivity index (χ0n) is 17.2. The summed E-state index contributed by atoms with van der Waals surface area (Å²) in [5, 5.41) is 0. The van der Waals surface area contributed by atoms with Crippen molar-refractivity contribution in [1.82, 2.24) is 9.62 Å². The summed E-state index contributed by atoms with van der Waals surface area (Å²) in [6.07, 6.45) is 3.62. The highest BCUT2D eigenvalue weighted by Gasteiger charge is 2.26. The van der Waals surface area contributed by atoms with Crippen molar-refractivity contribution in [2.75, 3.05) is 13.1 Å². The molecule has 2 aromatic rings. The van der Waals surface area contributed by atoms with Crippen LogP contribution in [0.5, 0.6) is 0 Å². The fourth-order valence-corrected chi connectivity index (χ4v) is 5.33. The maximum Gasteiger partial charge on any atom is 0.253 e. The number of nitrogens with one attached hydrogen (secondary N) is 1. The predicted molar refractivity (Wildman–Crippen MR) is 115 cm³/mol. The third-order valence-corrected chi connectivity index (χ3v) is 7.32. The van der Waals surface area contributed by atoms with E-state index in [9.17, 15) is 13.2 Å². The van der Waals surface area contributed by atoms with Gasteiger partial charge in [-0.25, -0.2) is 13.1 Å². The highest BCUT2D eigenvalue weighted by molar-refractivity contribution is 7.89. The van der Waals surface area contributed by atoms with Gasteiger partial charge >= 0.3 is 0 Å². The number of hydrogen-bond acceptors (Lipinski definition) is 3. The van der Waals surface area contributed by atoms with Crippen LogP contribution in [0.4, 0.5) is 0 Å². The van der Waals surface area contributed by atoms with Crippen molar-refractivity contribution in [1.29, 1.82) is 0 Å². The van der Waals surface area contributed by atoms with E-state index in [1.807, 2.05) is 19.9 Å². The summed E-state index contributed by atoms with van der Waals surface area (Å²) in [7, 11) is -3.59. The van der Waals surface area contributed by atoms with E-state index < -0.39 is 10.0 Å². The first-order valence-electron chi connectivity index (χ1n) is 10.4.